The minimum Gasteiger partial charge on any atom is -0.462 e. The molecule has 3 rings (SSSR count). The lowest BCUT2D eigenvalue weighted by molar-refractivity contribution is -0.120. The predicted molar refractivity (Wildman–Crippen MR) is 125 cm³/mol. The number of hydrogen-bond donors (Lipinski definition) is 3. The van der Waals surface area contributed by atoms with Crippen molar-refractivity contribution in [2.75, 3.05) is 11.9 Å². The van der Waals surface area contributed by atoms with Crippen LogP contribution in [-0.4, -0.2) is 33.8 Å². The van der Waals surface area contributed by atoms with Gasteiger partial charge in [0.25, 0.3) is 5.91 Å². The van der Waals surface area contributed by atoms with Crippen LogP contribution in [0.15, 0.2) is 52.9 Å². The third-order valence-corrected chi connectivity index (χ3v) is 6.31. The number of amides is 1. The minimum absolute atomic E-state index is 0.221. The molecule has 7 nitrogen and oxygen atoms in total. The lowest BCUT2D eigenvalue weighted by Crippen LogP contribution is -2.46. The van der Waals surface area contributed by atoms with Gasteiger partial charge in [-0.3, -0.25) is 15.6 Å². The van der Waals surface area contributed by atoms with E-state index in [-0.39, 0.29) is 22.2 Å². The van der Waals surface area contributed by atoms with Crippen LogP contribution in [-0.2, 0) is 9.53 Å². The lowest BCUT2D eigenvalue weighted by Gasteiger charge is -2.14. The molecule has 156 valence electrons. The summed E-state index contributed by atoms with van der Waals surface area (Å²) in [5, 5.41) is 2.81. The zero-order chi connectivity index (χ0) is 21.5. The van der Waals surface area contributed by atoms with Gasteiger partial charge in [0.15, 0.2) is 9.45 Å². The number of carbonyl (C=O) groups excluding carboxylic acids is 2. The molecule has 0 bridgehead atoms. The molecule has 1 atom stereocenters. The van der Waals surface area contributed by atoms with Crippen LogP contribution >= 0.6 is 35.3 Å². The molecule has 0 aliphatic heterocycles. The zero-order valence-electron chi connectivity index (χ0n) is 16.3. The molecular weight excluding hydrogens is 440 g/mol. The molecular formula is C20H20N4O3S3. The summed E-state index contributed by atoms with van der Waals surface area (Å²) < 4.78 is 6.87. The Morgan fingerprint density at radius 2 is 1.90 bits per heavy atom. The number of para-hydroxylation sites is 1. The van der Waals surface area contributed by atoms with Gasteiger partial charge in [-0.15, -0.1) is 11.3 Å². The zero-order valence-corrected chi connectivity index (χ0v) is 18.7. The van der Waals surface area contributed by atoms with Gasteiger partial charge in [-0.25, -0.2) is 9.78 Å². The van der Waals surface area contributed by atoms with Gasteiger partial charge < -0.3 is 10.1 Å². The van der Waals surface area contributed by atoms with E-state index < -0.39 is 0 Å². The molecule has 0 saturated heterocycles. The standard InChI is InChI=1S/C20H20N4O3S3/c1-3-27-18(26)13-8-10-14(11-9-13)21-19(28)24-23-17(25)12(2)29-20-22-15-6-4-5-7-16(15)30-20/h4-12H,3H2,1-2H3,(H,23,25)(H2,21,24,28)/t12-/m0/s1. The molecule has 3 aromatic rings. The summed E-state index contributed by atoms with van der Waals surface area (Å²) in [5.41, 5.74) is 7.33. The molecule has 3 N–H and O–H groups in total. The van der Waals surface area contributed by atoms with E-state index in [1.165, 1.54) is 11.8 Å². The van der Waals surface area contributed by atoms with Crippen LogP contribution in [0.4, 0.5) is 5.69 Å². The van der Waals surface area contributed by atoms with Crippen molar-refractivity contribution < 1.29 is 14.3 Å². The van der Waals surface area contributed by atoms with Crippen LogP contribution in [0.1, 0.15) is 24.2 Å². The third kappa shape index (κ3) is 5.91. The number of rotatable bonds is 6. The van der Waals surface area contributed by atoms with E-state index >= 15 is 0 Å². The van der Waals surface area contributed by atoms with E-state index in [0.717, 1.165) is 14.6 Å². The highest BCUT2D eigenvalue weighted by Crippen LogP contribution is 2.31. The van der Waals surface area contributed by atoms with Crippen LogP contribution in [0.5, 0.6) is 0 Å². The summed E-state index contributed by atoms with van der Waals surface area (Å²) in [6, 6.07) is 14.5. The molecule has 0 aliphatic rings. The third-order valence-electron chi connectivity index (χ3n) is 3.87. The second-order valence-corrected chi connectivity index (χ2v) is 9.10. The Morgan fingerprint density at radius 3 is 2.60 bits per heavy atom. The van der Waals surface area contributed by atoms with Crippen LogP contribution in [0.3, 0.4) is 0 Å². The monoisotopic (exact) mass is 460 g/mol. The number of hydrazine groups is 1. The highest BCUT2D eigenvalue weighted by molar-refractivity contribution is 8.02. The lowest BCUT2D eigenvalue weighted by atomic mass is 10.2. The number of benzene rings is 2. The van der Waals surface area contributed by atoms with Crippen LogP contribution in [0.25, 0.3) is 10.2 Å². The van der Waals surface area contributed by atoms with E-state index in [0.29, 0.717) is 17.9 Å². The highest BCUT2D eigenvalue weighted by Gasteiger charge is 2.17. The molecule has 0 aliphatic carbocycles. The number of thiazole rings is 1. The number of nitrogens with one attached hydrogen (secondary N) is 3. The van der Waals surface area contributed by atoms with Gasteiger partial charge in [-0.2, -0.15) is 0 Å². The van der Waals surface area contributed by atoms with E-state index in [9.17, 15) is 9.59 Å². The average Bonchev–Trinajstić information content (AvgIpc) is 3.15. The normalized spacial score (nSPS) is 11.5. The van der Waals surface area contributed by atoms with Crippen LogP contribution in [0.2, 0.25) is 0 Å². The Morgan fingerprint density at radius 1 is 1.17 bits per heavy atom. The highest BCUT2D eigenvalue weighted by atomic mass is 32.2. The van der Waals surface area contributed by atoms with Gasteiger partial charge in [0.05, 0.1) is 27.6 Å². The van der Waals surface area contributed by atoms with Crippen molar-refractivity contribution in [1.29, 1.82) is 0 Å². The molecule has 0 radical (unpaired) electrons. The molecule has 0 unspecified atom stereocenters. The Labute approximate surface area is 187 Å². The van der Waals surface area contributed by atoms with Gasteiger partial charge in [-0.05, 0) is 62.5 Å². The number of carbonyl (C=O) groups is 2. The second kappa shape index (κ2) is 10.4. The Bertz CT molecular complexity index is 1020. The fraction of sp³-hybridized carbons (Fsp3) is 0.200. The quantitative estimate of drug-likeness (QED) is 0.220. The number of ether oxygens (including phenoxy) is 1. The molecule has 1 heterocycles. The molecule has 0 fully saturated rings. The van der Waals surface area contributed by atoms with Crippen molar-refractivity contribution >= 4 is 68.2 Å². The maximum absolute atomic E-state index is 12.3. The summed E-state index contributed by atoms with van der Waals surface area (Å²) in [6.07, 6.45) is 0. The fourth-order valence-corrected chi connectivity index (χ4v) is 4.77. The van der Waals surface area contributed by atoms with Crippen molar-refractivity contribution in [2.24, 2.45) is 0 Å². The van der Waals surface area contributed by atoms with Crippen LogP contribution in [0, 0.1) is 0 Å². The van der Waals surface area contributed by atoms with E-state index in [2.05, 4.69) is 21.2 Å². The van der Waals surface area contributed by atoms with E-state index in [1.54, 1.807) is 49.4 Å². The summed E-state index contributed by atoms with van der Waals surface area (Å²) in [6.45, 7) is 3.88. The summed E-state index contributed by atoms with van der Waals surface area (Å²) >= 11 is 8.14. The van der Waals surface area contributed by atoms with Gasteiger partial charge in [0.2, 0.25) is 0 Å². The minimum atomic E-state index is -0.378. The first-order valence-electron chi connectivity index (χ1n) is 9.12. The number of esters is 1. The summed E-state index contributed by atoms with van der Waals surface area (Å²) in [4.78, 5) is 28.5. The summed E-state index contributed by atoms with van der Waals surface area (Å²) in [5.74, 6) is -0.599. The van der Waals surface area contributed by atoms with E-state index in [4.69, 9.17) is 17.0 Å². The van der Waals surface area contributed by atoms with Gasteiger partial charge >= 0.3 is 5.97 Å². The van der Waals surface area contributed by atoms with Crippen molar-refractivity contribution in [2.45, 2.75) is 23.4 Å². The Balaban J connectivity index is 1.46. The van der Waals surface area contributed by atoms with Gasteiger partial charge in [0.1, 0.15) is 0 Å². The number of thiocarbonyl (C=S) groups is 1. The molecule has 1 amide bonds. The fourth-order valence-electron chi connectivity index (χ4n) is 2.39. The molecule has 0 spiro atoms. The topological polar surface area (TPSA) is 92.4 Å². The first kappa shape index (κ1) is 22.0. The molecule has 10 heteroatoms. The molecule has 0 saturated carbocycles. The number of anilines is 1. The number of nitrogens with zero attached hydrogens (tertiary/aromatic N) is 1. The van der Waals surface area contributed by atoms with Crippen molar-refractivity contribution in [3.63, 3.8) is 0 Å². The largest absolute Gasteiger partial charge is 0.462 e. The molecule has 30 heavy (non-hydrogen) atoms. The second-order valence-electron chi connectivity index (χ2n) is 6.07. The van der Waals surface area contributed by atoms with E-state index in [1.807, 2.05) is 24.3 Å². The SMILES string of the molecule is CCOC(=O)c1ccc(NC(=S)NNC(=O)[C@H](C)Sc2nc3ccccc3s2)cc1. The van der Waals surface area contributed by atoms with Crippen molar-refractivity contribution in [1.82, 2.24) is 15.8 Å². The average molecular weight is 461 g/mol. The number of fused-ring (bicyclic) bond motifs is 1. The molecule has 1 aromatic heterocycles. The van der Waals surface area contributed by atoms with Gasteiger partial charge in [0, 0.05) is 5.69 Å². The first-order valence-corrected chi connectivity index (χ1v) is 11.2. The van der Waals surface area contributed by atoms with Crippen molar-refractivity contribution in [3.8, 4) is 0 Å². The van der Waals surface area contributed by atoms with Crippen LogP contribution < -0.4 is 16.2 Å². The Hall–Kier alpha value is -2.69. The Kier molecular flexibility index (Phi) is 7.61. The number of hydrogen-bond acceptors (Lipinski definition) is 7. The smallest absolute Gasteiger partial charge is 0.338 e. The maximum Gasteiger partial charge on any atom is 0.338 e. The van der Waals surface area contributed by atoms with Gasteiger partial charge in [-0.1, -0.05) is 23.9 Å². The maximum atomic E-state index is 12.3. The summed E-state index contributed by atoms with van der Waals surface area (Å²) in [7, 11) is 0. The first-order chi connectivity index (χ1) is 14.5. The van der Waals surface area contributed by atoms with Crippen molar-refractivity contribution in [3.05, 3.63) is 54.1 Å². The number of aromatic nitrogens is 1. The number of thioether (sulfide) groups is 1. The predicted octanol–water partition coefficient (Wildman–Crippen LogP) is 3.97. The molecule has 2 aromatic carbocycles.